The molecule has 1 aliphatic heterocycles. The highest BCUT2D eigenvalue weighted by Gasteiger charge is 2.30. The van der Waals surface area contributed by atoms with Crippen LogP contribution in [-0.4, -0.2) is 36.6 Å². The van der Waals surface area contributed by atoms with Gasteiger partial charge in [0.05, 0.1) is 0 Å². The first-order valence-electron chi connectivity index (χ1n) is 6.54. The van der Waals surface area contributed by atoms with Crippen molar-refractivity contribution < 1.29 is 0 Å². The van der Waals surface area contributed by atoms with Crippen LogP contribution in [0, 0.1) is 11.8 Å². The number of nitrogens with one attached hydrogen (secondary N) is 1. The van der Waals surface area contributed by atoms with Gasteiger partial charge in [-0.05, 0) is 18.3 Å². The van der Waals surface area contributed by atoms with Crippen LogP contribution in [0.4, 0.5) is 0 Å². The number of nitrogens with zero attached hydrogens (tertiary/aromatic N) is 1. The van der Waals surface area contributed by atoms with E-state index in [1.54, 1.807) is 0 Å². The van der Waals surface area contributed by atoms with Gasteiger partial charge in [0.25, 0.3) is 0 Å². The number of rotatable bonds is 4. The van der Waals surface area contributed by atoms with Crippen LogP contribution in [0.2, 0.25) is 0 Å². The fourth-order valence-corrected chi connectivity index (χ4v) is 2.86. The zero-order chi connectivity index (χ0) is 11.4. The summed E-state index contributed by atoms with van der Waals surface area (Å²) in [5, 5.41) is 3.52. The largest absolute Gasteiger partial charge is 0.314 e. The minimum atomic E-state index is 0.728. The van der Waals surface area contributed by atoms with Crippen LogP contribution in [0.1, 0.15) is 41.0 Å². The van der Waals surface area contributed by atoms with Gasteiger partial charge < -0.3 is 5.32 Å². The van der Waals surface area contributed by atoms with Gasteiger partial charge in [0, 0.05) is 31.7 Å². The van der Waals surface area contributed by atoms with Crippen molar-refractivity contribution in [3.05, 3.63) is 0 Å². The number of hydrogen-bond donors (Lipinski definition) is 1. The molecule has 15 heavy (non-hydrogen) atoms. The molecule has 1 saturated heterocycles. The lowest BCUT2D eigenvalue weighted by Gasteiger charge is -2.45. The molecule has 0 aromatic heterocycles. The highest BCUT2D eigenvalue weighted by molar-refractivity contribution is 4.87. The first kappa shape index (κ1) is 13.0. The Morgan fingerprint density at radius 3 is 2.40 bits per heavy atom. The van der Waals surface area contributed by atoms with E-state index in [0.717, 1.165) is 30.5 Å². The lowest BCUT2D eigenvalue weighted by atomic mass is 9.93. The second-order valence-electron chi connectivity index (χ2n) is 5.47. The summed E-state index contributed by atoms with van der Waals surface area (Å²) in [4.78, 5) is 2.74. The van der Waals surface area contributed by atoms with E-state index in [9.17, 15) is 0 Å². The van der Waals surface area contributed by atoms with E-state index in [-0.39, 0.29) is 0 Å². The zero-order valence-electron chi connectivity index (χ0n) is 11.1. The van der Waals surface area contributed by atoms with Crippen molar-refractivity contribution in [1.29, 1.82) is 0 Å². The molecule has 2 nitrogen and oxygen atoms in total. The molecule has 1 rings (SSSR count). The fourth-order valence-electron chi connectivity index (χ4n) is 2.86. The van der Waals surface area contributed by atoms with Crippen molar-refractivity contribution in [2.24, 2.45) is 11.8 Å². The van der Waals surface area contributed by atoms with Crippen LogP contribution in [0.3, 0.4) is 0 Å². The van der Waals surface area contributed by atoms with Crippen LogP contribution in [-0.2, 0) is 0 Å². The van der Waals surface area contributed by atoms with E-state index in [0.29, 0.717) is 0 Å². The van der Waals surface area contributed by atoms with Crippen LogP contribution >= 0.6 is 0 Å². The van der Waals surface area contributed by atoms with Crippen molar-refractivity contribution in [2.45, 2.75) is 53.1 Å². The van der Waals surface area contributed by atoms with Gasteiger partial charge in [-0.3, -0.25) is 4.90 Å². The Balaban J connectivity index is 2.69. The molecule has 0 aliphatic carbocycles. The third-order valence-electron chi connectivity index (χ3n) is 3.71. The third-order valence-corrected chi connectivity index (χ3v) is 3.71. The van der Waals surface area contributed by atoms with E-state index in [4.69, 9.17) is 0 Å². The summed E-state index contributed by atoms with van der Waals surface area (Å²) in [5.41, 5.74) is 0. The molecule has 0 spiro atoms. The first-order chi connectivity index (χ1) is 7.07. The molecule has 1 heterocycles. The van der Waals surface area contributed by atoms with Gasteiger partial charge in [-0.1, -0.05) is 34.6 Å². The average Bonchev–Trinajstić information content (AvgIpc) is 2.18. The first-order valence-corrected chi connectivity index (χ1v) is 6.54. The van der Waals surface area contributed by atoms with Crippen molar-refractivity contribution in [1.82, 2.24) is 10.2 Å². The SMILES string of the molecule is CCC(C(C)C)N1CCNCC1C(C)C. The molecule has 0 amide bonds. The molecule has 1 fully saturated rings. The smallest absolute Gasteiger partial charge is 0.0247 e. The van der Waals surface area contributed by atoms with Crippen LogP contribution in [0.5, 0.6) is 0 Å². The van der Waals surface area contributed by atoms with E-state index >= 15 is 0 Å². The molecule has 2 atom stereocenters. The highest BCUT2D eigenvalue weighted by atomic mass is 15.2. The summed E-state index contributed by atoms with van der Waals surface area (Å²) in [5.74, 6) is 1.53. The molecule has 0 aromatic carbocycles. The van der Waals surface area contributed by atoms with Crippen molar-refractivity contribution in [2.75, 3.05) is 19.6 Å². The molecule has 1 N–H and O–H groups in total. The minimum absolute atomic E-state index is 0.728. The third kappa shape index (κ3) is 3.18. The normalized spacial score (nSPS) is 26.2. The van der Waals surface area contributed by atoms with E-state index in [2.05, 4.69) is 44.8 Å². The van der Waals surface area contributed by atoms with Gasteiger partial charge >= 0.3 is 0 Å². The average molecular weight is 212 g/mol. The maximum atomic E-state index is 3.52. The predicted molar refractivity (Wildman–Crippen MR) is 67.1 cm³/mol. The van der Waals surface area contributed by atoms with E-state index < -0.39 is 0 Å². The van der Waals surface area contributed by atoms with Gasteiger partial charge in [0.1, 0.15) is 0 Å². The van der Waals surface area contributed by atoms with Gasteiger partial charge in [0.15, 0.2) is 0 Å². The Bertz CT molecular complexity index is 167. The van der Waals surface area contributed by atoms with Crippen molar-refractivity contribution in [3.63, 3.8) is 0 Å². The minimum Gasteiger partial charge on any atom is -0.314 e. The van der Waals surface area contributed by atoms with Gasteiger partial charge in [-0.25, -0.2) is 0 Å². The van der Waals surface area contributed by atoms with Crippen LogP contribution < -0.4 is 5.32 Å². The lowest BCUT2D eigenvalue weighted by Crippen LogP contribution is -2.58. The molecule has 2 unspecified atom stereocenters. The summed E-state index contributed by atoms with van der Waals surface area (Å²) in [7, 11) is 0. The Hall–Kier alpha value is -0.0800. The molecule has 1 aliphatic rings. The molecule has 0 saturated carbocycles. The van der Waals surface area contributed by atoms with Crippen molar-refractivity contribution in [3.8, 4) is 0 Å². The monoisotopic (exact) mass is 212 g/mol. The summed E-state index contributed by atoms with van der Waals surface area (Å²) in [6, 6.07) is 1.49. The highest BCUT2D eigenvalue weighted by Crippen LogP contribution is 2.22. The molecule has 0 radical (unpaired) electrons. The maximum absolute atomic E-state index is 3.52. The van der Waals surface area contributed by atoms with Gasteiger partial charge in [-0.2, -0.15) is 0 Å². The summed E-state index contributed by atoms with van der Waals surface area (Å²) in [6.07, 6.45) is 1.28. The number of piperazine rings is 1. The summed E-state index contributed by atoms with van der Waals surface area (Å²) < 4.78 is 0. The van der Waals surface area contributed by atoms with Crippen LogP contribution in [0.25, 0.3) is 0 Å². The molecular formula is C13H28N2. The zero-order valence-corrected chi connectivity index (χ0v) is 11.1. The molecule has 0 bridgehead atoms. The summed E-state index contributed by atoms with van der Waals surface area (Å²) >= 11 is 0. The molecule has 2 heteroatoms. The number of hydrogen-bond acceptors (Lipinski definition) is 2. The van der Waals surface area contributed by atoms with E-state index in [1.807, 2.05) is 0 Å². The standard InChI is InChI=1S/C13H28N2/c1-6-12(10(2)3)15-8-7-14-9-13(15)11(4)5/h10-14H,6-9H2,1-5H3. The lowest BCUT2D eigenvalue weighted by molar-refractivity contribution is 0.0524. The Labute approximate surface area is 95.4 Å². The molecular weight excluding hydrogens is 184 g/mol. The Kier molecular flexibility index (Phi) is 5.07. The second-order valence-corrected chi connectivity index (χ2v) is 5.47. The van der Waals surface area contributed by atoms with Crippen molar-refractivity contribution >= 4 is 0 Å². The van der Waals surface area contributed by atoms with E-state index in [1.165, 1.54) is 19.5 Å². The molecule has 0 aromatic rings. The Morgan fingerprint density at radius 1 is 1.27 bits per heavy atom. The maximum Gasteiger partial charge on any atom is 0.0247 e. The Morgan fingerprint density at radius 2 is 1.93 bits per heavy atom. The van der Waals surface area contributed by atoms with Gasteiger partial charge in [0.2, 0.25) is 0 Å². The van der Waals surface area contributed by atoms with Crippen LogP contribution in [0.15, 0.2) is 0 Å². The summed E-state index contributed by atoms with van der Waals surface area (Å²) in [6.45, 7) is 15.3. The predicted octanol–water partition coefficient (Wildman–Crippen LogP) is 2.35. The fraction of sp³-hybridized carbons (Fsp3) is 1.00. The second kappa shape index (κ2) is 5.86. The quantitative estimate of drug-likeness (QED) is 0.769. The molecule has 90 valence electrons. The van der Waals surface area contributed by atoms with Gasteiger partial charge in [-0.15, -0.1) is 0 Å². The topological polar surface area (TPSA) is 15.3 Å².